The Morgan fingerprint density at radius 1 is 1.22 bits per heavy atom. The number of fused-ring (bicyclic) bond motifs is 2. The highest BCUT2D eigenvalue weighted by Gasteiger charge is 2.42. The monoisotopic (exact) mass is 318 g/mol. The van der Waals surface area contributed by atoms with E-state index in [-0.39, 0.29) is 18.4 Å². The van der Waals surface area contributed by atoms with Gasteiger partial charge in [0.1, 0.15) is 5.82 Å². The van der Waals surface area contributed by atoms with Gasteiger partial charge in [-0.05, 0) is 50.0 Å². The molecule has 23 heavy (non-hydrogen) atoms. The fourth-order valence-electron chi connectivity index (χ4n) is 4.18. The molecule has 2 aliphatic rings. The predicted molar refractivity (Wildman–Crippen MR) is 84.8 cm³/mol. The molecular formula is C18H23FN2O2. The van der Waals surface area contributed by atoms with Gasteiger partial charge >= 0.3 is 11.8 Å². The molecule has 2 bridgehead atoms. The zero-order valence-corrected chi connectivity index (χ0v) is 13.3. The standard InChI is InChI=1S/C18H23FN2O2/c1-11(15-9-12-6-7-13(15)8-12)21-18(23)17(22)20-10-14-4-2-3-5-16(14)19/h2-5,11-13,15H,6-10H2,1H3,(H,20,22)(H,21,23). The summed E-state index contributed by atoms with van der Waals surface area (Å²) < 4.78 is 13.5. The predicted octanol–water partition coefficient (Wildman–Crippen LogP) is 2.38. The van der Waals surface area contributed by atoms with Crippen molar-refractivity contribution in [1.29, 1.82) is 0 Å². The number of carbonyl (C=O) groups excluding carboxylic acids is 2. The molecule has 0 saturated heterocycles. The van der Waals surface area contributed by atoms with E-state index in [2.05, 4.69) is 10.6 Å². The minimum atomic E-state index is -0.705. The van der Waals surface area contributed by atoms with Crippen LogP contribution in [-0.2, 0) is 16.1 Å². The van der Waals surface area contributed by atoms with Gasteiger partial charge in [0.25, 0.3) is 0 Å². The van der Waals surface area contributed by atoms with Crippen LogP contribution in [0.2, 0.25) is 0 Å². The van der Waals surface area contributed by atoms with E-state index in [0.717, 1.165) is 12.3 Å². The Morgan fingerprint density at radius 2 is 2.00 bits per heavy atom. The maximum atomic E-state index is 13.5. The van der Waals surface area contributed by atoms with E-state index in [1.165, 1.54) is 25.3 Å². The van der Waals surface area contributed by atoms with Crippen LogP contribution in [0.25, 0.3) is 0 Å². The Morgan fingerprint density at radius 3 is 2.65 bits per heavy atom. The van der Waals surface area contributed by atoms with Crippen LogP contribution in [-0.4, -0.2) is 17.9 Å². The van der Waals surface area contributed by atoms with Crippen LogP contribution in [0.4, 0.5) is 4.39 Å². The van der Waals surface area contributed by atoms with E-state index >= 15 is 0 Å². The van der Waals surface area contributed by atoms with Crippen molar-refractivity contribution < 1.29 is 14.0 Å². The second kappa shape index (κ2) is 6.69. The van der Waals surface area contributed by atoms with Crippen LogP contribution < -0.4 is 10.6 Å². The molecule has 1 aromatic carbocycles. The first-order valence-corrected chi connectivity index (χ1v) is 8.36. The van der Waals surface area contributed by atoms with Crippen molar-refractivity contribution in [3.63, 3.8) is 0 Å². The Bertz CT molecular complexity index is 604. The molecule has 2 fully saturated rings. The zero-order valence-electron chi connectivity index (χ0n) is 13.3. The van der Waals surface area contributed by atoms with E-state index in [9.17, 15) is 14.0 Å². The summed E-state index contributed by atoms with van der Waals surface area (Å²) in [5, 5.41) is 5.29. The third-order valence-electron chi connectivity index (χ3n) is 5.40. The highest BCUT2D eigenvalue weighted by molar-refractivity contribution is 6.35. The van der Waals surface area contributed by atoms with E-state index in [1.807, 2.05) is 6.92 Å². The number of carbonyl (C=O) groups is 2. The molecule has 0 spiro atoms. The van der Waals surface area contributed by atoms with Gasteiger partial charge < -0.3 is 10.6 Å². The molecule has 0 heterocycles. The number of nitrogens with one attached hydrogen (secondary N) is 2. The molecule has 0 aromatic heterocycles. The lowest BCUT2D eigenvalue weighted by Gasteiger charge is -2.28. The number of hydrogen-bond acceptors (Lipinski definition) is 2. The Hall–Kier alpha value is -1.91. The van der Waals surface area contributed by atoms with E-state index in [0.29, 0.717) is 17.4 Å². The maximum absolute atomic E-state index is 13.5. The number of benzene rings is 1. The molecule has 0 aliphatic heterocycles. The first-order chi connectivity index (χ1) is 11.0. The van der Waals surface area contributed by atoms with Crippen molar-refractivity contribution in [1.82, 2.24) is 10.6 Å². The van der Waals surface area contributed by atoms with Crippen LogP contribution in [0, 0.1) is 23.6 Å². The first-order valence-electron chi connectivity index (χ1n) is 8.36. The lowest BCUT2D eigenvalue weighted by Crippen LogP contribution is -2.46. The SMILES string of the molecule is CC(NC(=O)C(=O)NCc1ccccc1F)C1CC2CCC1C2. The van der Waals surface area contributed by atoms with Crippen LogP contribution >= 0.6 is 0 Å². The fourth-order valence-corrected chi connectivity index (χ4v) is 4.18. The van der Waals surface area contributed by atoms with Crippen LogP contribution in [0.5, 0.6) is 0 Å². The minimum absolute atomic E-state index is 0.0111. The van der Waals surface area contributed by atoms with E-state index in [4.69, 9.17) is 0 Å². The largest absolute Gasteiger partial charge is 0.345 e. The maximum Gasteiger partial charge on any atom is 0.309 e. The molecule has 2 aliphatic carbocycles. The fraction of sp³-hybridized carbons (Fsp3) is 0.556. The Balaban J connectivity index is 1.48. The summed E-state index contributed by atoms with van der Waals surface area (Å²) in [6, 6.07) is 6.22. The Kier molecular flexibility index (Phi) is 4.64. The normalized spacial score (nSPS) is 26.8. The summed E-state index contributed by atoms with van der Waals surface area (Å²) in [7, 11) is 0. The molecule has 4 atom stereocenters. The topological polar surface area (TPSA) is 58.2 Å². The molecule has 1 aromatic rings. The molecule has 124 valence electrons. The van der Waals surface area contributed by atoms with Gasteiger partial charge in [-0.1, -0.05) is 24.6 Å². The van der Waals surface area contributed by atoms with E-state index in [1.54, 1.807) is 18.2 Å². The van der Waals surface area contributed by atoms with Crippen molar-refractivity contribution in [3.05, 3.63) is 35.6 Å². The third kappa shape index (κ3) is 3.54. The lowest BCUT2D eigenvalue weighted by atomic mass is 9.84. The van der Waals surface area contributed by atoms with Crippen LogP contribution in [0.3, 0.4) is 0 Å². The summed E-state index contributed by atoms with van der Waals surface area (Å²) in [4.78, 5) is 23.9. The molecule has 4 unspecified atom stereocenters. The quantitative estimate of drug-likeness (QED) is 0.838. The minimum Gasteiger partial charge on any atom is -0.345 e. The molecule has 3 rings (SSSR count). The summed E-state index contributed by atoms with van der Waals surface area (Å²) in [5.41, 5.74) is 0.370. The lowest BCUT2D eigenvalue weighted by molar-refractivity contribution is -0.140. The average molecular weight is 318 g/mol. The highest BCUT2D eigenvalue weighted by atomic mass is 19.1. The first kappa shape index (κ1) is 16.0. The van der Waals surface area contributed by atoms with Gasteiger partial charge in [0.15, 0.2) is 0 Å². The third-order valence-corrected chi connectivity index (χ3v) is 5.40. The van der Waals surface area contributed by atoms with E-state index < -0.39 is 11.8 Å². The van der Waals surface area contributed by atoms with Gasteiger partial charge in [-0.25, -0.2) is 4.39 Å². The zero-order chi connectivity index (χ0) is 16.4. The van der Waals surface area contributed by atoms with Crippen molar-refractivity contribution in [2.75, 3.05) is 0 Å². The van der Waals surface area contributed by atoms with Gasteiger partial charge in [-0.2, -0.15) is 0 Å². The van der Waals surface area contributed by atoms with Crippen molar-refractivity contribution in [2.45, 2.75) is 45.2 Å². The van der Waals surface area contributed by atoms with Gasteiger partial charge in [0, 0.05) is 18.2 Å². The number of amides is 2. The summed E-state index contributed by atoms with van der Waals surface area (Å²) >= 11 is 0. The number of halogens is 1. The van der Waals surface area contributed by atoms with Crippen LogP contribution in [0.1, 0.15) is 38.2 Å². The molecular weight excluding hydrogens is 295 g/mol. The summed E-state index contributed by atoms with van der Waals surface area (Å²) in [6.07, 6.45) is 4.98. The van der Waals surface area contributed by atoms with Crippen molar-refractivity contribution in [3.8, 4) is 0 Å². The number of rotatable bonds is 4. The van der Waals surface area contributed by atoms with Crippen molar-refractivity contribution in [2.24, 2.45) is 17.8 Å². The average Bonchev–Trinajstić information content (AvgIpc) is 3.16. The summed E-state index contributed by atoms with van der Waals surface area (Å²) in [6.45, 7) is 1.99. The highest BCUT2D eigenvalue weighted by Crippen LogP contribution is 2.49. The van der Waals surface area contributed by atoms with Gasteiger partial charge in [0.05, 0.1) is 0 Å². The number of hydrogen-bond donors (Lipinski definition) is 2. The molecule has 4 nitrogen and oxygen atoms in total. The smallest absolute Gasteiger partial charge is 0.309 e. The Labute approximate surface area is 135 Å². The van der Waals surface area contributed by atoms with Crippen molar-refractivity contribution >= 4 is 11.8 Å². The second-order valence-electron chi connectivity index (χ2n) is 6.87. The molecule has 2 saturated carbocycles. The van der Waals surface area contributed by atoms with Gasteiger partial charge in [-0.15, -0.1) is 0 Å². The molecule has 2 amide bonds. The molecule has 5 heteroatoms. The molecule has 0 radical (unpaired) electrons. The van der Waals surface area contributed by atoms with Crippen LogP contribution in [0.15, 0.2) is 24.3 Å². The van der Waals surface area contributed by atoms with Gasteiger partial charge in [0.2, 0.25) is 0 Å². The molecule has 2 N–H and O–H groups in total. The summed E-state index contributed by atoms with van der Waals surface area (Å²) in [5.74, 6) is 0.261. The van der Waals surface area contributed by atoms with Gasteiger partial charge in [-0.3, -0.25) is 9.59 Å². The second-order valence-corrected chi connectivity index (χ2v) is 6.87.